The molecule has 0 heterocycles. The zero-order valence-electron chi connectivity index (χ0n) is 12.5. The first-order chi connectivity index (χ1) is 10.9. The number of hydrogen-bond acceptors (Lipinski definition) is 3. The van der Waals surface area contributed by atoms with Crippen LogP contribution in [-0.4, -0.2) is 25.0 Å². The van der Waals surface area contributed by atoms with Gasteiger partial charge in [0.2, 0.25) is 5.91 Å². The van der Waals surface area contributed by atoms with E-state index < -0.39 is 11.7 Å². The van der Waals surface area contributed by atoms with Gasteiger partial charge in [0.05, 0.1) is 18.2 Å². The van der Waals surface area contributed by atoms with Gasteiger partial charge >= 0.3 is 6.18 Å². The van der Waals surface area contributed by atoms with Crippen LogP contribution in [0.3, 0.4) is 0 Å². The minimum Gasteiger partial charge on any atom is -0.342 e. The van der Waals surface area contributed by atoms with Crippen LogP contribution in [0.2, 0.25) is 0 Å². The molecule has 0 bridgehead atoms. The highest BCUT2D eigenvalue weighted by Gasteiger charge is 2.38. The molecule has 1 aromatic rings. The van der Waals surface area contributed by atoms with Crippen LogP contribution in [0.1, 0.15) is 36.3 Å². The molecular weight excluding hydrogens is 307 g/mol. The quantitative estimate of drug-likeness (QED) is 0.818. The summed E-state index contributed by atoms with van der Waals surface area (Å²) in [5, 5.41) is 13.8. The summed E-state index contributed by atoms with van der Waals surface area (Å²) in [6.07, 6.45) is -2.19. The molecule has 0 spiro atoms. The van der Waals surface area contributed by atoms with Gasteiger partial charge in [0, 0.05) is 6.04 Å². The SMILES string of the molecule is N#CCNC(=O)CNC1CCCC1c1ccccc1C(F)(F)F. The zero-order valence-corrected chi connectivity index (χ0v) is 12.5. The molecule has 2 unspecified atom stereocenters. The maximum Gasteiger partial charge on any atom is 0.416 e. The van der Waals surface area contributed by atoms with Crippen LogP contribution in [0, 0.1) is 11.3 Å². The zero-order chi connectivity index (χ0) is 16.9. The number of amides is 1. The van der Waals surface area contributed by atoms with E-state index in [1.165, 1.54) is 12.1 Å². The number of halogens is 3. The Morgan fingerprint density at radius 1 is 1.30 bits per heavy atom. The van der Waals surface area contributed by atoms with Crippen molar-refractivity contribution in [1.29, 1.82) is 5.26 Å². The average molecular weight is 325 g/mol. The fourth-order valence-electron chi connectivity index (χ4n) is 3.08. The normalized spacial score (nSPS) is 21.0. The first-order valence-corrected chi connectivity index (χ1v) is 7.46. The molecule has 1 aliphatic carbocycles. The smallest absolute Gasteiger partial charge is 0.342 e. The maximum absolute atomic E-state index is 13.2. The molecule has 1 aromatic carbocycles. The largest absolute Gasteiger partial charge is 0.416 e. The van der Waals surface area contributed by atoms with Crippen molar-refractivity contribution in [2.75, 3.05) is 13.1 Å². The van der Waals surface area contributed by atoms with Crippen LogP contribution in [-0.2, 0) is 11.0 Å². The lowest BCUT2D eigenvalue weighted by Crippen LogP contribution is -2.40. The fourth-order valence-corrected chi connectivity index (χ4v) is 3.08. The average Bonchev–Trinajstić information content (AvgIpc) is 2.98. The third kappa shape index (κ3) is 4.45. The summed E-state index contributed by atoms with van der Waals surface area (Å²) in [5.41, 5.74) is -0.319. The van der Waals surface area contributed by atoms with Crippen molar-refractivity contribution < 1.29 is 18.0 Å². The number of carbonyl (C=O) groups excluding carboxylic acids is 1. The van der Waals surface area contributed by atoms with E-state index in [4.69, 9.17) is 5.26 Å². The van der Waals surface area contributed by atoms with Gasteiger partial charge in [-0.1, -0.05) is 24.6 Å². The number of hydrogen-bond donors (Lipinski definition) is 2. The van der Waals surface area contributed by atoms with Crippen LogP contribution in [0.5, 0.6) is 0 Å². The van der Waals surface area contributed by atoms with E-state index in [-0.39, 0.29) is 36.5 Å². The topological polar surface area (TPSA) is 64.9 Å². The molecule has 124 valence electrons. The second-order valence-corrected chi connectivity index (χ2v) is 5.54. The van der Waals surface area contributed by atoms with Crippen molar-refractivity contribution >= 4 is 5.91 Å². The predicted octanol–water partition coefficient (Wildman–Crippen LogP) is 2.57. The van der Waals surface area contributed by atoms with Crippen LogP contribution in [0.4, 0.5) is 13.2 Å². The minimum absolute atomic E-state index is 0.00295. The number of carbonyl (C=O) groups is 1. The molecule has 1 fully saturated rings. The molecule has 2 atom stereocenters. The third-order valence-corrected chi connectivity index (χ3v) is 4.07. The molecule has 0 saturated heterocycles. The Bertz CT molecular complexity index is 595. The lowest BCUT2D eigenvalue weighted by molar-refractivity contribution is -0.138. The molecule has 0 radical (unpaired) electrons. The molecule has 1 saturated carbocycles. The summed E-state index contributed by atoms with van der Waals surface area (Å²) >= 11 is 0. The van der Waals surface area contributed by atoms with E-state index in [2.05, 4.69) is 10.6 Å². The summed E-state index contributed by atoms with van der Waals surface area (Å²) < 4.78 is 39.5. The number of benzene rings is 1. The lowest BCUT2D eigenvalue weighted by atomic mass is 9.90. The van der Waals surface area contributed by atoms with E-state index in [0.717, 1.165) is 18.9 Å². The first kappa shape index (κ1) is 17.3. The Balaban J connectivity index is 2.08. The second kappa shape index (κ2) is 7.47. The number of nitrogens with zero attached hydrogens (tertiary/aromatic N) is 1. The Morgan fingerprint density at radius 2 is 2.04 bits per heavy atom. The van der Waals surface area contributed by atoms with Gasteiger partial charge in [0.1, 0.15) is 6.54 Å². The van der Waals surface area contributed by atoms with Crippen molar-refractivity contribution in [2.24, 2.45) is 0 Å². The van der Waals surface area contributed by atoms with Gasteiger partial charge in [-0.3, -0.25) is 4.79 Å². The summed E-state index contributed by atoms with van der Waals surface area (Å²) in [6.45, 7) is -0.0808. The highest BCUT2D eigenvalue weighted by atomic mass is 19.4. The Labute approximate surface area is 132 Å². The van der Waals surface area contributed by atoms with Crippen molar-refractivity contribution in [2.45, 2.75) is 37.4 Å². The monoisotopic (exact) mass is 325 g/mol. The molecule has 0 aliphatic heterocycles. The van der Waals surface area contributed by atoms with Gasteiger partial charge in [-0.25, -0.2) is 0 Å². The Morgan fingerprint density at radius 3 is 2.74 bits per heavy atom. The number of alkyl halides is 3. The third-order valence-electron chi connectivity index (χ3n) is 4.07. The molecule has 23 heavy (non-hydrogen) atoms. The van der Waals surface area contributed by atoms with Crippen molar-refractivity contribution in [3.63, 3.8) is 0 Å². The summed E-state index contributed by atoms with van der Waals surface area (Å²) in [6, 6.07) is 7.24. The predicted molar refractivity (Wildman–Crippen MR) is 78.4 cm³/mol. The minimum atomic E-state index is -4.38. The highest BCUT2D eigenvalue weighted by Crippen LogP contribution is 2.41. The van der Waals surface area contributed by atoms with Crippen LogP contribution >= 0.6 is 0 Å². The van der Waals surface area contributed by atoms with Crippen molar-refractivity contribution in [3.05, 3.63) is 35.4 Å². The van der Waals surface area contributed by atoms with Crippen molar-refractivity contribution in [1.82, 2.24) is 10.6 Å². The summed E-state index contributed by atoms with van der Waals surface area (Å²) in [4.78, 5) is 11.5. The molecule has 2 N–H and O–H groups in total. The molecule has 0 aromatic heterocycles. The van der Waals surface area contributed by atoms with Gasteiger partial charge in [0.25, 0.3) is 0 Å². The van der Waals surface area contributed by atoms with E-state index in [0.29, 0.717) is 6.42 Å². The van der Waals surface area contributed by atoms with E-state index in [9.17, 15) is 18.0 Å². The second-order valence-electron chi connectivity index (χ2n) is 5.54. The van der Waals surface area contributed by atoms with Crippen LogP contribution in [0.15, 0.2) is 24.3 Å². The van der Waals surface area contributed by atoms with E-state index in [1.807, 2.05) is 0 Å². The van der Waals surface area contributed by atoms with Gasteiger partial charge in [-0.2, -0.15) is 18.4 Å². The standard InChI is InChI=1S/C16H18F3N3O/c17-16(18,19)13-6-2-1-4-11(13)12-5-3-7-14(12)22-10-15(23)21-9-8-20/h1-2,4,6,12,14,22H,3,5,7,9-10H2,(H,21,23). The molecule has 1 aliphatic rings. The number of rotatable bonds is 5. The summed E-state index contributed by atoms with van der Waals surface area (Å²) in [7, 11) is 0. The van der Waals surface area contributed by atoms with Gasteiger partial charge in [-0.15, -0.1) is 0 Å². The Kier molecular flexibility index (Phi) is 5.61. The van der Waals surface area contributed by atoms with Gasteiger partial charge in [0.15, 0.2) is 0 Å². The lowest BCUT2D eigenvalue weighted by Gasteiger charge is -2.24. The number of nitrogens with one attached hydrogen (secondary N) is 2. The van der Waals surface area contributed by atoms with Gasteiger partial charge < -0.3 is 10.6 Å². The van der Waals surface area contributed by atoms with Crippen molar-refractivity contribution in [3.8, 4) is 6.07 Å². The molecule has 7 heteroatoms. The summed E-state index contributed by atoms with van der Waals surface area (Å²) in [5.74, 6) is -0.599. The first-order valence-electron chi connectivity index (χ1n) is 7.46. The van der Waals surface area contributed by atoms with E-state index in [1.54, 1.807) is 12.1 Å². The molecule has 2 rings (SSSR count). The van der Waals surface area contributed by atoms with Gasteiger partial charge in [-0.05, 0) is 30.4 Å². The fraction of sp³-hybridized carbons (Fsp3) is 0.500. The van der Waals surface area contributed by atoms with Crippen LogP contribution in [0.25, 0.3) is 0 Å². The molecular formula is C16H18F3N3O. The molecule has 4 nitrogen and oxygen atoms in total. The highest BCUT2D eigenvalue weighted by molar-refractivity contribution is 5.78. The Hall–Kier alpha value is -2.07. The number of nitriles is 1. The maximum atomic E-state index is 13.2. The molecule has 1 amide bonds. The van der Waals surface area contributed by atoms with E-state index >= 15 is 0 Å². The van der Waals surface area contributed by atoms with Crippen LogP contribution < -0.4 is 10.6 Å².